The molecule has 1 amide bonds. The molecule has 8 heteroatoms. The van der Waals surface area contributed by atoms with Crippen LogP contribution in [0.5, 0.6) is 0 Å². The summed E-state index contributed by atoms with van der Waals surface area (Å²) in [5.41, 5.74) is 2.49. The summed E-state index contributed by atoms with van der Waals surface area (Å²) in [6.07, 6.45) is 2.16. The van der Waals surface area contributed by atoms with E-state index in [9.17, 15) is 14.4 Å². The molecule has 28 heavy (non-hydrogen) atoms. The maximum Gasteiger partial charge on any atom is 0.333 e. The lowest BCUT2D eigenvalue weighted by atomic mass is 10.1. The number of benzene rings is 1. The summed E-state index contributed by atoms with van der Waals surface area (Å²) in [5, 5.41) is 0.577. The number of thioether (sulfide) groups is 2. The molecule has 0 saturated carbocycles. The van der Waals surface area contributed by atoms with E-state index in [0.717, 1.165) is 4.90 Å². The maximum absolute atomic E-state index is 11.9. The molecule has 1 aromatic rings. The third-order valence-electron chi connectivity index (χ3n) is 4.20. The minimum Gasteiger partial charge on any atom is -0.466 e. The van der Waals surface area contributed by atoms with Gasteiger partial charge in [-0.15, -0.1) is 11.8 Å². The third-order valence-corrected chi connectivity index (χ3v) is 6.22. The number of aryl methyl sites for hydroxylation is 2. The molecule has 0 bridgehead atoms. The van der Waals surface area contributed by atoms with Crippen LogP contribution in [-0.4, -0.2) is 54.5 Å². The van der Waals surface area contributed by atoms with E-state index in [1.54, 1.807) is 11.8 Å². The van der Waals surface area contributed by atoms with Gasteiger partial charge in [0, 0.05) is 17.2 Å². The molecule has 1 heterocycles. The number of ether oxygens (including phenoxy) is 2. The van der Waals surface area contributed by atoms with Gasteiger partial charge < -0.3 is 14.4 Å². The van der Waals surface area contributed by atoms with Gasteiger partial charge in [0.25, 0.3) is 0 Å². The first-order valence-corrected chi connectivity index (χ1v) is 11.0. The average Bonchev–Trinajstić information content (AvgIpc) is 3.01. The Balaban J connectivity index is 1.66. The number of methoxy groups -OCH3 is 1. The highest BCUT2D eigenvalue weighted by Gasteiger charge is 2.27. The van der Waals surface area contributed by atoms with E-state index >= 15 is 0 Å². The molecule has 1 fully saturated rings. The fourth-order valence-corrected chi connectivity index (χ4v) is 4.35. The van der Waals surface area contributed by atoms with Crippen LogP contribution in [0.2, 0.25) is 0 Å². The smallest absolute Gasteiger partial charge is 0.333 e. The summed E-state index contributed by atoms with van der Waals surface area (Å²) in [6, 6.07) is 6.26. The van der Waals surface area contributed by atoms with E-state index in [0.29, 0.717) is 35.9 Å². The quantitative estimate of drug-likeness (QED) is 0.261. The van der Waals surface area contributed by atoms with Crippen molar-refractivity contribution in [2.24, 2.45) is 0 Å². The van der Waals surface area contributed by atoms with Gasteiger partial charge in [0.2, 0.25) is 5.91 Å². The van der Waals surface area contributed by atoms with Crippen molar-refractivity contribution in [3.05, 3.63) is 40.4 Å². The molecule has 0 aromatic heterocycles. The summed E-state index contributed by atoms with van der Waals surface area (Å²) in [5.74, 6) is 0.169. The van der Waals surface area contributed by atoms with Gasteiger partial charge in [0.15, 0.2) is 0 Å². The number of carbonyl (C=O) groups excluding carboxylic acids is 3. The van der Waals surface area contributed by atoms with Gasteiger partial charge >= 0.3 is 11.9 Å². The van der Waals surface area contributed by atoms with Gasteiger partial charge in [-0.1, -0.05) is 17.8 Å². The highest BCUT2D eigenvalue weighted by atomic mass is 32.2. The Labute approximate surface area is 174 Å². The van der Waals surface area contributed by atoms with Crippen LogP contribution >= 0.6 is 23.5 Å². The lowest BCUT2D eigenvalue weighted by Crippen LogP contribution is -2.27. The number of hydrogen-bond donors (Lipinski definition) is 0. The van der Waals surface area contributed by atoms with E-state index in [1.807, 2.05) is 0 Å². The van der Waals surface area contributed by atoms with Gasteiger partial charge in [-0.05, 0) is 43.5 Å². The number of nitrogens with zero attached hydrogens (tertiary/aromatic N) is 1. The highest BCUT2D eigenvalue weighted by Crippen LogP contribution is 2.28. The number of rotatable bonds is 9. The number of hydrogen-bond acceptors (Lipinski definition) is 7. The Morgan fingerprint density at radius 2 is 2.07 bits per heavy atom. The standard InChI is InChI=1S/C20H25NO5S2/c1-14-5-6-16(11-15(14)2)27-10-7-19(23)26-9-4-8-21-17(22)13-28-18(21)12-20(24)25-3/h5-6,11-12H,4,7-10,13H2,1-3H3/b18-12+. The van der Waals surface area contributed by atoms with Crippen molar-refractivity contribution in [2.45, 2.75) is 31.6 Å². The van der Waals surface area contributed by atoms with Crippen molar-refractivity contribution in [1.82, 2.24) is 4.90 Å². The third kappa shape index (κ3) is 6.91. The Bertz CT molecular complexity index is 763. The fraction of sp³-hybridized carbons (Fsp3) is 0.450. The molecule has 1 aromatic carbocycles. The zero-order chi connectivity index (χ0) is 20.5. The first kappa shape index (κ1) is 22.4. The second kappa shape index (κ2) is 11.2. The summed E-state index contributed by atoms with van der Waals surface area (Å²) in [4.78, 5) is 37.8. The maximum atomic E-state index is 11.9. The monoisotopic (exact) mass is 423 g/mol. The van der Waals surface area contributed by atoms with Crippen LogP contribution in [0.15, 0.2) is 34.2 Å². The predicted molar refractivity (Wildman–Crippen MR) is 111 cm³/mol. The van der Waals surface area contributed by atoms with Gasteiger partial charge in [-0.3, -0.25) is 9.59 Å². The number of amides is 1. The molecule has 2 rings (SSSR count). The van der Waals surface area contributed by atoms with E-state index in [2.05, 4.69) is 36.8 Å². The van der Waals surface area contributed by atoms with Crippen molar-refractivity contribution in [1.29, 1.82) is 0 Å². The van der Waals surface area contributed by atoms with Crippen LogP contribution in [0.3, 0.4) is 0 Å². The fourth-order valence-electron chi connectivity index (χ4n) is 2.47. The molecule has 1 aliphatic heterocycles. The van der Waals surface area contributed by atoms with Gasteiger partial charge in [0.05, 0.1) is 37.0 Å². The normalized spacial score (nSPS) is 15.2. The molecule has 0 radical (unpaired) electrons. The van der Waals surface area contributed by atoms with Crippen molar-refractivity contribution >= 4 is 41.4 Å². The van der Waals surface area contributed by atoms with E-state index in [4.69, 9.17) is 4.74 Å². The average molecular weight is 424 g/mol. The lowest BCUT2D eigenvalue weighted by molar-refractivity contribution is -0.143. The Morgan fingerprint density at radius 1 is 1.29 bits per heavy atom. The summed E-state index contributed by atoms with van der Waals surface area (Å²) >= 11 is 2.94. The molecule has 0 unspecified atom stereocenters. The summed E-state index contributed by atoms with van der Waals surface area (Å²) < 4.78 is 9.84. The van der Waals surface area contributed by atoms with Crippen LogP contribution < -0.4 is 0 Å². The van der Waals surface area contributed by atoms with Crippen molar-refractivity contribution in [3.63, 3.8) is 0 Å². The topological polar surface area (TPSA) is 72.9 Å². The van der Waals surface area contributed by atoms with E-state index in [-0.39, 0.29) is 18.5 Å². The molecular weight excluding hydrogens is 398 g/mol. The zero-order valence-electron chi connectivity index (χ0n) is 16.4. The molecule has 0 atom stereocenters. The second-order valence-corrected chi connectivity index (χ2v) is 8.42. The summed E-state index contributed by atoms with van der Waals surface area (Å²) in [7, 11) is 1.29. The number of carbonyl (C=O) groups is 3. The van der Waals surface area contributed by atoms with Crippen molar-refractivity contribution in [3.8, 4) is 0 Å². The number of esters is 2. The SMILES string of the molecule is COC(=O)/C=C1/SCC(=O)N1CCCOC(=O)CCSc1ccc(C)c(C)c1. The Hall–Kier alpha value is -1.93. The van der Waals surface area contributed by atoms with E-state index < -0.39 is 5.97 Å². The largest absolute Gasteiger partial charge is 0.466 e. The highest BCUT2D eigenvalue weighted by molar-refractivity contribution is 8.04. The molecule has 1 saturated heterocycles. The zero-order valence-corrected chi connectivity index (χ0v) is 18.0. The molecule has 6 nitrogen and oxygen atoms in total. The van der Waals surface area contributed by atoms with Gasteiger partial charge in [-0.2, -0.15) is 0 Å². The van der Waals surface area contributed by atoms with Crippen LogP contribution in [0, 0.1) is 13.8 Å². The molecule has 0 spiro atoms. The molecule has 0 aliphatic carbocycles. The molecular formula is C20H25NO5S2. The first-order chi connectivity index (χ1) is 13.4. The minimum absolute atomic E-state index is 0.0590. The van der Waals surface area contributed by atoms with Crippen molar-refractivity contribution in [2.75, 3.05) is 31.8 Å². The Morgan fingerprint density at radius 3 is 2.79 bits per heavy atom. The molecule has 152 valence electrons. The Kier molecular flexibility index (Phi) is 8.92. The van der Waals surface area contributed by atoms with Gasteiger partial charge in [-0.25, -0.2) is 4.79 Å². The molecule has 0 N–H and O–H groups in total. The van der Waals surface area contributed by atoms with Crippen LogP contribution in [-0.2, 0) is 23.9 Å². The second-order valence-electron chi connectivity index (χ2n) is 6.26. The van der Waals surface area contributed by atoms with E-state index in [1.165, 1.54) is 41.0 Å². The van der Waals surface area contributed by atoms with Gasteiger partial charge in [0.1, 0.15) is 0 Å². The lowest BCUT2D eigenvalue weighted by Gasteiger charge is -2.16. The van der Waals surface area contributed by atoms with Crippen molar-refractivity contribution < 1.29 is 23.9 Å². The molecule has 1 aliphatic rings. The van der Waals surface area contributed by atoms with Crippen LogP contribution in [0.4, 0.5) is 0 Å². The van der Waals surface area contributed by atoms with Crippen LogP contribution in [0.1, 0.15) is 24.0 Å². The summed E-state index contributed by atoms with van der Waals surface area (Å²) in [6.45, 7) is 4.79. The van der Waals surface area contributed by atoms with Crippen LogP contribution in [0.25, 0.3) is 0 Å². The minimum atomic E-state index is -0.491. The first-order valence-electron chi connectivity index (χ1n) is 8.99. The predicted octanol–water partition coefficient (Wildman–Crippen LogP) is 3.31.